The summed E-state index contributed by atoms with van der Waals surface area (Å²) in [5.41, 5.74) is 0. The topological polar surface area (TPSA) is 90.4 Å². The first-order valence-electron chi connectivity index (χ1n) is 5.59. The molecule has 0 saturated heterocycles. The lowest BCUT2D eigenvalue weighted by molar-refractivity contribution is -0.152. The molecule has 1 N–H and O–H groups in total. The van der Waals surface area contributed by atoms with Crippen LogP contribution < -0.4 is 5.32 Å². The highest BCUT2D eigenvalue weighted by molar-refractivity contribution is 7.99. The molecule has 0 aromatic carbocycles. The van der Waals surface area contributed by atoms with Crippen LogP contribution in [0.5, 0.6) is 0 Å². The summed E-state index contributed by atoms with van der Waals surface area (Å²) >= 11 is 1.46. The Bertz CT molecular complexity index is 442. The van der Waals surface area contributed by atoms with Gasteiger partial charge in [0.2, 0.25) is 0 Å². The molecule has 19 heavy (non-hydrogen) atoms. The number of hydrogen-bond donors (Lipinski definition) is 1. The van der Waals surface area contributed by atoms with Crippen LogP contribution in [-0.4, -0.2) is 47.9 Å². The smallest absolute Gasteiger partial charge is 0.397 e. The van der Waals surface area contributed by atoms with E-state index < -0.39 is 11.9 Å². The zero-order chi connectivity index (χ0) is 14.1. The first kappa shape index (κ1) is 15.4. The maximum atomic E-state index is 11.4. The minimum absolute atomic E-state index is 0.147. The largest absolute Gasteiger partial charge is 0.459 e. The van der Waals surface area contributed by atoms with Crippen molar-refractivity contribution >= 4 is 29.5 Å². The normalized spacial score (nSPS) is 10.0. The van der Waals surface area contributed by atoms with Crippen molar-refractivity contribution in [3.63, 3.8) is 0 Å². The predicted molar refractivity (Wildman–Crippen MR) is 69.9 cm³/mol. The molecule has 0 spiro atoms. The fourth-order valence-corrected chi connectivity index (χ4v) is 1.86. The van der Waals surface area contributed by atoms with Gasteiger partial charge in [-0.25, -0.2) is 14.8 Å². The SMILES string of the molecule is CCOC(=O)C(=O)Nc1cc(SCCOC)ncn1. The molecule has 0 unspecified atom stereocenters. The molecule has 0 radical (unpaired) electrons. The fourth-order valence-electron chi connectivity index (χ4n) is 1.08. The van der Waals surface area contributed by atoms with Crippen molar-refractivity contribution in [2.45, 2.75) is 11.9 Å². The highest BCUT2D eigenvalue weighted by atomic mass is 32.2. The summed E-state index contributed by atoms with van der Waals surface area (Å²) in [5.74, 6) is -0.797. The molecule has 0 bridgehead atoms. The molecule has 1 rings (SSSR count). The van der Waals surface area contributed by atoms with Crippen molar-refractivity contribution in [2.75, 3.05) is 31.4 Å². The van der Waals surface area contributed by atoms with Crippen LogP contribution >= 0.6 is 11.8 Å². The van der Waals surface area contributed by atoms with E-state index in [2.05, 4.69) is 20.0 Å². The van der Waals surface area contributed by atoms with E-state index >= 15 is 0 Å². The fraction of sp³-hybridized carbons (Fsp3) is 0.455. The van der Waals surface area contributed by atoms with E-state index in [4.69, 9.17) is 4.74 Å². The molecule has 1 aromatic heterocycles. The van der Waals surface area contributed by atoms with Crippen molar-refractivity contribution in [1.29, 1.82) is 0 Å². The number of hydrogen-bond acceptors (Lipinski definition) is 7. The van der Waals surface area contributed by atoms with E-state index in [1.54, 1.807) is 20.1 Å². The predicted octanol–water partition coefficient (Wildman–Crippen LogP) is 0.717. The van der Waals surface area contributed by atoms with Gasteiger partial charge in [-0.05, 0) is 6.92 Å². The molecule has 0 aliphatic carbocycles. The summed E-state index contributed by atoms with van der Waals surface area (Å²) < 4.78 is 9.49. The van der Waals surface area contributed by atoms with Crippen molar-refractivity contribution in [3.05, 3.63) is 12.4 Å². The number of carbonyl (C=O) groups excluding carboxylic acids is 2. The zero-order valence-electron chi connectivity index (χ0n) is 10.7. The molecule has 0 saturated carbocycles. The van der Waals surface area contributed by atoms with E-state index in [1.165, 1.54) is 18.1 Å². The number of amides is 1. The number of rotatable bonds is 6. The van der Waals surface area contributed by atoms with Gasteiger partial charge >= 0.3 is 11.9 Å². The van der Waals surface area contributed by atoms with Crippen LogP contribution in [0.15, 0.2) is 17.4 Å². The molecule has 7 nitrogen and oxygen atoms in total. The highest BCUT2D eigenvalue weighted by Gasteiger charge is 2.15. The molecule has 104 valence electrons. The molecular formula is C11H15N3O4S. The van der Waals surface area contributed by atoms with E-state index in [9.17, 15) is 9.59 Å². The van der Waals surface area contributed by atoms with Gasteiger partial charge in [-0.3, -0.25) is 4.79 Å². The summed E-state index contributed by atoms with van der Waals surface area (Å²) in [4.78, 5) is 30.4. The molecule has 1 heterocycles. The first-order chi connectivity index (χ1) is 9.17. The minimum atomic E-state index is -0.935. The van der Waals surface area contributed by atoms with Crippen molar-refractivity contribution in [1.82, 2.24) is 9.97 Å². The zero-order valence-corrected chi connectivity index (χ0v) is 11.5. The van der Waals surface area contributed by atoms with Gasteiger partial charge < -0.3 is 14.8 Å². The Morgan fingerprint density at radius 1 is 1.42 bits per heavy atom. The molecule has 8 heteroatoms. The van der Waals surface area contributed by atoms with E-state index in [-0.39, 0.29) is 12.4 Å². The van der Waals surface area contributed by atoms with Crippen LogP contribution in [0.25, 0.3) is 0 Å². The van der Waals surface area contributed by atoms with Crippen LogP contribution in [0.2, 0.25) is 0 Å². The lowest BCUT2D eigenvalue weighted by Gasteiger charge is -2.05. The van der Waals surface area contributed by atoms with Crippen LogP contribution in [0, 0.1) is 0 Å². The second-order valence-electron chi connectivity index (χ2n) is 3.26. The van der Waals surface area contributed by atoms with Crippen LogP contribution in [0.4, 0.5) is 5.82 Å². The standard InChI is InChI=1S/C11H15N3O4S/c1-3-18-11(16)10(15)14-8-6-9(13-7-12-8)19-5-4-17-2/h6-7H,3-5H2,1-2H3,(H,12,13,14,15). The van der Waals surface area contributed by atoms with Gasteiger partial charge in [-0.1, -0.05) is 0 Å². The molecule has 1 amide bonds. The first-order valence-corrected chi connectivity index (χ1v) is 6.57. The molecule has 0 aliphatic heterocycles. The Morgan fingerprint density at radius 3 is 2.89 bits per heavy atom. The average Bonchev–Trinajstić information content (AvgIpc) is 2.40. The summed E-state index contributed by atoms with van der Waals surface area (Å²) in [6.45, 7) is 2.37. The summed E-state index contributed by atoms with van der Waals surface area (Å²) in [5, 5.41) is 3.03. The molecule has 0 atom stereocenters. The lowest BCUT2D eigenvalue weighted by Crippen LogP contribution is -2.25. The summed E-state index contributed by atoms with van der Waals surface area (Å²) in [6.07, 6.45) is 1.32. The van der Waals surface area contributed by atoms with Gasteiger partial charge in [0.25, 0.3) is 0 Å². The van der Waals surface area contributed by atoms with E-state index in [0.29, 0.717) is 11.6 Å². The maximum absolute atomic E-state index is 11.4. The second kappa shape index (κ2) is 8.44. The van der Waals surface area contributed by atoms with Gasteiger partial charge in [0.1, 0.15) is 17.2 Å². The third-order valence-electron chi connectivity index (χ3n) is 1.88. The Labute approximate surface area is 115 Å². The van der Waals surface area contributed by atoms with Gasteiger partial charge in [0.05, 0.1) is 13.2 Å². The Kier molecular flexibility index (Phi) is 6.83. The third-order valence-corrected chi connectivity index (χ3v) is 2.77. The van der Waals surface area contributed by atoms with Gasteiger partial charge in [0, 0.05) is 18.9 Å². The molecule has 1 aromatic rings. The number of methoxy groups -OCH3 is 1. The minimum Gasteiger partial charge on any atom is -0.459 e. The van der Waals surface area contributed by atoms with E-state index in [1.807, 2.05) is 0 Å². The highest BCUT2D eigenvalue weighted by Crippen LogP contribution is 2.16. The van der Waals surface area contributed by atoms with Crippen molar-refractivity contribution in [3.8, 4) is 0 Å². The Morgan fingerprint density at radius 2 is 2.21 bits per heavy atom. The molecule has 0 fully saturated rings. The quantitative estimate of drug-likeness (QED) is 0.271. The lowest BCUT2D eigenvalue weighted by atomic mass is 10.5. The average molecular weight is 285 g/mol. The van der Waals surface area contributed by atoms with Crippen LogP contribution in [-0.2, 0) is 19.1 Å². The van der Waals surface area contributed by atoms with Crippen molar-refractivity contribution < 1.29 is 19.1 Å². The number of anilines is 1. The number of nitrogens with one attached hydrogen (secondary N) is 1. The monoisotopic (exact) mass is 285 g/mol. The van der Waals surface area contributed by atoms with Gasteiger partial charge in [-0.15, -0.1) is 11.8 Å². The van der Waals surface area contributed by atoms with Gasteiger partial charge in [-0.2, -0.15) is 0 Å². The number of thioether (sulfide) groups is 1. The van der Waals surface area contributed by atoms with Crippen molar-refractivity contribution in [2.24, 2.45) is 0 Å². The number of nitrogens with zero attached hydrogens (tertiary/aromatic N) is 2. The van der Waals surface area contributed by atoms with Gasteiger partial charge in [0.15, 0.2) is 0 Å². The maximum Gasteiger partial charge on any atom is 0.397 e. The number of ether oxygens (including phenoxy) is 2. The second-order valence-corrected chi connectivity index (χ2v) is 4.37. The summed E-state index contributed by atoms with van der Waals surface area (Å²) in [6, 6.07) is 1.58. The number of esters is 1. The van der Waals surface area contributed by atoms with Crippen LogP contribution in [0.3, 0.4) is 0 Å². The molecule has 0 aliphatic rings. The number of aromatic nitrogens is 2. The van der Waals surface area contributed by atoms with E-state index in [0.717, 1.165) is 5.75 Å². The summed E-state index contributed by atoms with van der Waals surface area (Å²) in [7, 11) is 1.62. The Hall–Kier alpha value is -1.67. The molecular weight excluding hydrogens is 270 g/mol. The Balaban J connectivity index is 2.56. The third kappa shape index (κ3) is 5.66. The van der Waals surface area contributed by atoms with Crippen LogP contribution in [0.1, 0.15) is 6.92 Å². The number of carbonyl (C=O) groups is 2.